The van der Waals surface area contributed by atoms with Crippen molar-refractivity contribution in [2.45, 2.75) is 50.7 Å². The minimum atomic E-state index is 0.160. The Bertz CT molecular complexity index is 412. The molecule has 2 nitrogen and oxygen atoms in total. The van der Waals surface area contributed by atoms with Crippen molar-refractivity contribution in [3.8, 4) is 0 Å². The molecule has 1 aromatic rings. The first-order chi connectivity index (χ1) is 9.81. The molecular weight excluding hydrogens is 270 g/mol. The van der Waals surface area contributed by atoms with Gasteiger partial charge in [-0.3, -0.25) is 0 Å². The van der Waals surface area contributed by atoms with Crippen LogP contribution in [-0.4, -0.2) is 19.2 Å². The van der Waals surface area contributed by atoms with Gasteiger partial charge in [-0.05, 0) is 42.9 Å². The molecule has 1 aromatic carbocycles. The molecule has 3 rings (SSSR count). The molecule has 2 aliphatic carbocycles. The second-order valence-electron chi connectivity index (χ2n) is 6.18. The van der Waals surface area contributed by atoms with Gasteiger partial charge in [0.2, 0.25) is 0 Å². The Morgan fingerprint density at radius 1 is 1.15 bits per heavy atom. The van der Waals surface area contributed by atoms with Crippen molar-refractivity contribution in [2.75, 3.05) is 13.2 Å². The Hall–Kier alpha value is -0.570. The van der Waals surface area contributed by atoms with E-state index in [9.17, 15) is 0 Å². The van der Waals surface area contributed by atoms with Crippen LogP contribution < -0.4 is 5.32 Å². The highest BCUT2D eigenvalue weighted by atomic mass is 35.5. The lowest BCUT2D eigenvalue weighted by atomic mass is 9.83. The summed E-state index contributed by atoms with van der Waals surface area (Å²) in [6.45, 7) is 1.79. The Balaban J connectivity index is 1.51. The number of rotatable bonds is 8. The van der Waals surface area contributed by atoms with Crippen LogP contribution in [0.2, 0.25) is 5.02 Å². The summed E-state index contributed by atoms with van der Waals surface area (Å²) >= 11 is 5.97. The average molecular weight is 294 g/mol. The number of halogens is 1. The molecule has 0 saturated heterocycles. The summed E-state index contributed by atoms with van der Waals surface area (Å²) in [5.74, 6) is 0.914. The van der Waals surface area contributed by atoms with Gasteiger partial charge in [-0.1, -0.05) is 43.0 Å². The van der Waals surface area contributed by atoms with Crippen molar-refractivity contribution in [1.29, 1.82) is 0 Å². The third-order valence-electron chi connectivity index (χ3n) is 4.48. The molecule has 0 spiro atoms. The van der Waals surface area contributed by atoms with E-state index in [-0.39, 0.29) is 6.10 Å². The van der Waals surface area contributed by atoms with Gasteiger partial charge < -0.3 is 10.1 Å². The van der Waals surface area contributed by atoms with E-state index in [0.717, 1.165) is 30.1 Å². The first kappa shape index (κ1) is 14.4. The Labute approximate surface area is 126 Å². The highest BCUT2D eigenvalue weighted by Crippen LogP contribution is 2.30. The number of nitrogens with one attached hydrogen (secondary N) is 1. The molecule has 0 aliphatic heterocycles. The summed E-state index contributed by atoms with van der Waals surface area (Å²) in [6, 6.07) is 8.81. The fourth-order valence-electron chi connectivity index (χ4n) is 2.67. The first-order valence-corrected chi connectivity index (χ1v) is 8.29. The molecule has 1 atom stereocenters. The summed E-state index contributed by atoms with van der Waals surface area (Å²) in [5, 5.41) is 4.37. The molecule has 2 saturated carbocycles. The van der Waals surface area contributed by atoms with Crippen molar-refractivity contribution in [3.63, 3.8) is 0 Å². The SMILES string of the molecule is Clc1ccc(C(CNC2CC2)OCCC2CCC2)cc1. The maximum absolute atomic E-state index is 6.15. The topological polar surface area (TPSA) is 21.3 Å². The van der Waals surface area contributed by atoms with E-state index in [1.165, 1.54) is 44.1 Å². The lowest BCUT2D eigenvalue weighted by molar-refractivity contribution is 0.0369. The van der Waals surface area contributed by atoms with Crippen LogP contribution in [0.3, 0.4) is 0 Å². The van der Waals surface area contributed by atoms with Crippen molar-refractivity contribution < 1.29 is 4.74 Å². The van der Waals surface area contributed by atoms with Crippen LogP contribution in [0.15, 0.2) is 24.3 Å². The number of ether oxygens (including phenoxy) is 1. The number of hydrogen-bond donors (Lipinski definition) is 1. The minimum Gasteiger partial charge on any atom is -0.372 e. The summed E-state index contributed by atoms with van der Waals surface area (Å²) in [4.78, 5) is 0. The van der Waals surface area contributed by atoms with Crippen molar-refractivity contribution in [2.24, 2.45) is 5.92 Å². The summed E-state index contributed by atoms with van der Waals surface area (Å²) in [6.07, 6.45) is 8.21. The van der Waals surface area contributed by atoms with Crippen LogP contribution in [0.25, 0.3) is 0 Å². The van der Waals surface area contributed by atoms with E-state index < -0.39 is 0 Å². The van der Waals surface area contributed by atoms with Gasteiger partial charge in [0.15, 0.2) is 0 Å². The van der Waals surface area contributed by atoms with Crippen LogP contribution in [0, 0.1) is 5.92 Å². The molecule has 20 heavy (non-hydrogen) atoms. The molecule has 0 amide bonds. The number of benzene rings is 1. The van der Waals surface area contributed by atoms with Crippen LogP contribution in [0.5, 0.6) is 0 Å². The van der Waals surface area contributed by atoms with Crippen molar-refractivity contribution in [3.05, 3.63) is 34.9 Å². The lowest BCUT2D eigenvalue weighted by Gasteiger charge is -2.26. The molecule has 0 radical (unpaired) electrons. The van der Waals surface area contributed by atoms with Crippen molar-refractivity contribution in [1.82, 2.24) is 5.32 Å². The molecule has 0 bridgehead atoms. The third-order valence-corrected chi connectivity index (χ3v) is 4.73. The highest BCUT2D eigenvalue weighted by Gasteiger charge is 2.23. The van der Waals surface area contributed by atoms with E-state index in [1.54, 1.807) is 0 Å². The Kier molecular flexibility index (Phi) is 4.98. The quantitative estimate of drug-likeness (QED) is 0.770. The van der Waals surface area contributed by atoms with Gasteiger partial charge in [0.25, 0.3) is 0 Å². The lowest BCUT2D eigenvalue weighted by Crippen LogP contribution is -2.26. The van der Waals surface area contributed by atoms with Crippen LogP contribution in [0.1, 0.15) is 50.2 Å². The summed E-state index contributed by atoms with van der Waals surface area (Å²) in [5.41, 5.74) is 1.23. The van der Waals surface area contributed by atoms with E-state index >= 15 is 0 Å². The molecular formula is C17H24ClNO. The zero-order valence-electron chi connectivity index (χ0n) is 12.0. The smallest absolute Gasteiger partial charge is 0.0949 e. The van der Waals surface area contributed by atoms with Gasteiger partial charge in [0.05, 0.1) is 6.10 Å². The third kappa shape index (κ3) is 4.21. The van der Waals surface area contributed by atoms with Gasteiger partial charge >= 0.3 is 0 Å². The fraction of sp³-hybridized carbons (Fsp3) is 0.647. The minimum absolute atomic E-state index is 0.160. The van der Waals surface area contributed by atoms with Gasteiger partial charge in [0.1, 0.15) is 0 Å². The first-order valence-electron chi connectivity index (χ1n) is 7.92. The molecule has 1 unspecified atom stereocenters. The largest absolute Gasteiger partial charge is 0.372 e. The molecule has 110 valence electrons. The van der Waals surface area contributed by atoms with Gasteiger partial charge in [-0.2, -0.15) is 0 Å². The van der Waals surface area contributed by atoms with Crippen LogP contribution >= 0.6 is 11.6 Å². The molecule has 2 aliphatic rings. The second-order valence-corrected chi connectivity index (χ2v) is 6.62. The van der Waals surface area contributed by atoms with Crippen LogP contribution in [0.4, 0.5) is 0 Å². The van der Waals surface area contributed by atoms with E-state index in [4.69, 9.17) is 16.3 Å². The van der Waals surface area contributed by atoms with E-state index in [0.29, 0.717) is 0 Å². The van der Waals surface area contributed by atoms with E-state index in [2.05, 4.69) is 17.4 Å². The maximum atomic E-state index is 6.15. The zero-order chi connectivity index (χ0) is 13.8. The Morgan fingerprint density at radius 3 is 2.50 bits per heavy atom. The predicted octanol–water partition coefficient (Wildman–Crippen LogP) is 4.34. The molecule has 0 aromatic heterocycles. The van der Waals surface area contributed by atoms with Gasteiger partial charge in [-0.15, -0.1) is 0 Å². The molecule has 0 heterocycles. The summed E-state index contributed by atoms with van der Waals surface area (Å²) < 4.78 is 6.15. The second kappa shape index (κ2) is 6.93. The molecule has 2 fully saturated rings. The molecule has 1 N–H and O–H groups in total. The zero-order valence-corrected chi connectivity index (χ0v) is 12.7. The normalized spacial score (nSPS) is 20.6. The maximum Gasteiger partial charge on any atom is 0.0949 e. The van der Waals surface area contributed by atoms with Gasteiger partial charge in [0, 0.05) is 24.2 Å². The van der Waals surface area contributed by atoms with Crippen LogP contribution in [-0.2, 0) is 4.74 Å². The Morgan fingerprint density at radius 2 is 1.90 bits per heavy atom. The average Bonchev–Trinajstić information content (AvgIpc) is 3.21. The number of hydrogen-bond acceptors (Lipinski definition) is 2. The monoisotopic (exact) mass is 293 g/mol. The standard InChI is InChI=1S/C17H24ClNO/c18-15-6-4-14(5-7-15)17(12-19-16-8-9-16)20-11-10-13-2-1-3-13/h4-7,13,16-17,19H,1-3,8-12H2. The van der Waals surface area contributed by atoms with E-state index in [1.807, 2.05) is 12.1 Å². The van der Waals surface area contributed by atoms with Crippen molar-refractivity contribution >= 4 is 11.6 Å². The summed E-state index contributed by atoms with van der Waals surface area (Å²) in [7, 11) is 0. The fourth-order valence-corrected chi connectivity index (χ4v) is 2.80. The molecule has 3 heteroatoms. The van der Waals surface area contributed by atoms with Gasteiger partial charge in [-0.25, -0.2) is 0 Å². The highest BCUT2D eigenvalue weighted by molar-refractivity contribution is 6.30. The predicted molar refractivity (Wildman–Crippen MR) is 83.1 cm³/mol.